The van der Waals surface area contributed by atoms with Crippen LogP contribution in [0.15, 0.2) is 18.2 Å². The molecule has 0 aliphatic carbocycles. The number of morpholine rings is 1. The van der Waals surface area contributed by atoms with Gasteiger partial charge in [0, 0.05) is 24.8 Å². The third-order valence-corrected chi connectivity index (χ3v) is 4.66. The van der Waals surface area contributed by atoms with E-state index in [9.17, 15) is 4.79 Å². The zero-order valence-electron chi connectivity index (χ0n) is 12.6. The van der Waals surface area contributed by atoms with Crippen LogP contribution in [0, 0.1) is 5.92 Å². The number of hydrogen-bond acceptors (Lipinski definition) is 5. The quantitative estimate of drug-likeness (QED) is 0.916. The summed E-state index contributed by atoms with van der Waals surface area (Å²) in [7, 11) is 0. The Morgan fingerprint density at radius 2 is 2.18 bits per heavy atom. The monoisotopic (exact) mass is 304 g/mol. The summed E-state index contributed by atoms with van der Waals surface area (Å²) in [4.78, 5) is 14.9. The fourth-order valence-electron chi connectivity index (χ4n) is 3.48. The lowest BCUT2D eigenvalue weighted by Gasteiger charge is -2.31. The highest BCUT2D eigenvalue weighted by Gasteiger charge is 2.44. The molecule has 2 fully saturated rings. The molecule has 0 spiro atoms. The topological polar surface area (TPSA) is 60.0 Å². The smallest absolute Gasteiger partial charge is 0.231 e. The van der Waals surface area contributed by atoms with Gasteiger partial charge in [-0.3, -0.25) is 9.69 Å². The van der Waals surface area contributed by atoms with Gasteiger partial charge in [-0.2, -0.15) is 0 Å². The third kappa shape index (κ3) is 2.42. The number of likely N-dealkylation sites (N-methyl/N-ethyl adjacent to an activating group) is 1. The van der Waals surface area contributed by atoms with Crippen LogP contribution in [0.3, 0.4) is 0 Å². The number of anilines is 1. The van der Waals surface area contributed by atoms with Gasteiger partial charge >= 0.3 is 0 Å². The average Bonchev–Trinajstić information content (AvgIpc) is 3.10. The number of nitrogens with one attached hydrogen (secondary N) is 1. The first-order valence-electron chi connectivity index (χ1n) is 7.81. The minimum absolute atomic E-state index is 0.00714. The average molecular weight is 304 g/mol. The van der Waals surface area contributed by atoms with Crippen LogP contribution >= 0.6 is 0 Å². The second-order valence-electron chi connectivity index (χ2n) is 6.05. The molecule has 1 aromatic carbocycles. The molecule has 3 heterocycles. The molecule has 1 amide bonds. The lowest BCUT2D eigenvalue weighted by atomic mass is 9.99. The van der Waals surface area contributed by atoms with Gasteiger partial charge in [-0.1, -0.05) is 6.92 Å². The number of likely N-dealkylation sites (tertiary alicyclic amines) is 1. The molecule has 6 nitrogen and oxygen atoms in total. The van der Waals surface area contributed by atoms with Crippen LogP contribution in [0.5, 0.6) is 11.5 Å². The van der Waals surface area contributed by atoms with Gasteiger partial charge in [-0.25, -0.2) is 0 Å². The van der Waals surface area contributed by atoms with E-state index in [-0.39, 0.29) is 30.8 Å². The molecular weight excluding hydrogens is 284 g/mol. The maximum atomic E-state index is 12.6. The van der Waals surface area contributed by atoms with Crippen LogP contribution in [0.2, 0.25) is 0 Å². The molecule has 0 saturated carbocycles. The molecule has 0 unspecified atom stereocenters. The van der Waals surface area contributed by atoms with Crippen molar-refractivity contribution in [2.45, 2.75) is 25.6 Å². The Hall–Kier alpha value is -1.79. The van der Waals surface area contributed by atoms with E-state index in [1.807, 2.05) is 12.1 Å². The fraction of sp³-hybridized carbons (Fsp3) is 0.562. The molecular formula is C16H20N2O4. The third-order valence-electron chi connectivity index (χ3n) is 4.66. The highest BCUT2D eigenvalue weighted by atomic mass is 16.7. The van der Waals surface area contributed by atoms with Gasteiger partial charge in [0.2, 0.25) is 12.7 Å². The number of ether oxygens (including phenoxy) is 3. The first-order valence-corrected chi connectivity index (χ1v) is 7.81. The van der Waals surface area contributed by atoms with Crippen molar-refractivity contribution >= 4 is 11.6 Å². The van der Waals surface area contributed by atoms with E-state index >= 15 is 0 Å². The SMILES string of the molecule is CCN1C[C@@H]2C[C@H](C(=O)Nc3ccc4c(c3)OCO4)[C@@H](C1)O2. The summed E-state index contributed by atoms with van der Waals surface area (Å²) in [5.41, 5.74) is 0.739. The van der Waals surface area contributed by atoms with E-state index in [1.54, 1.807) is 6.07 Å². The number of hydrogen-bond donors (Lipinski definition) is 1. The van der Waals surface area contributed by atoms with E-state index in [0.717, 1.165) is 37.5 Å². The lowest BCUT2D eigenvalue weighted by molar-refractivity contribution is -0.122. The first-order chi connectivity index (χ1) is 10.7. The van der Waals surface area contributed by atoms with Crippen LogP contribution in [-0.4, -0.2) is 49.4 Å². The molecule has 4 rings (SSSR count). The minimum atomic E-state index is -0.0769. The maximum Gasteiger partial charge on any atom is 0.231 e. The van der Waals surface area contributed by atoms with Crippen molar-refractivity contribution < 1.29 is 19.0 Å². The van der Waals surface area contributed by atoms with Crippen LogP contribution in [0.4, 0.5) is 5.69 Å². The predicted octanol–water partition coefficient (Wildman–Crippen LogP) is 1.46. The summed E-state index contributed by atoms with van der Waals surface area (Å²) >= 11 is 0. The number of benzene rings is 1. The zero-order valence-corrected chi connectivity index (χ0v) is 12.6. The van der Waals surface area contributed by atoms with Crippen molar-refractivity contribution in [2.75, 3.05) is 31.7 Å². The Morgan fingerprint density at radius 3 is 3.05 bits per heavy atom. The number of amides is 1. The molecule has 118 valence electrons. The summed E-state index contributed by atoms with van der Waals surface area (Å²) in [6, 6.07) is 5.46. The number of carbonyl (C=O) groups excluding carboxylic acids is 1. The number of nitrogens with zero attached hydrogens (tertiary/aromatic N) is 1. The Balaban J connectivity index is 1.44. The molecule has 0 radical (unpaired) electrons. The summed E-state index contributed by atoms with van der Waals surface area (Å²) in [5, 5.41) is 2.99. The van der Waals surface area contributed by atoms with Gasteiger partial charge in [0.25, 0.3) is 0 Å². The van der Waals surface area contributed by atoms with Crippen molar-refractivity contribution in [3.05, 3.63) is 18.2 Å². The Bertz CT molecular complexity index is 592. The molecule has 3 atom stereocenters. The van der Waals surface area contributed by atoms with Gasteiger partial charge in [0.1, 0.15) is 0 Å². The second kappa shape index (κ2) is 5.44. The molecule has 1 N–H and O–H groups in total. The number of carbonyl (C=O) groups is 1. The maximum absolute atomic E-state index is 12.6. The van der Waals surface area contributed by atoms with Gasteiger partial charge in [0.05, 0.1) is 18.1 Å². The van der Waals surface area contributed by atoms with Crippen molar-refractivity contribution in [3.63, 3.8) is 0 Å². The Kier molecular flexibility index (Phi) is 3.43. The molecule has 2 saturated heterocycles. The van der Waals surface area contributed by atoms with E-state index in [4.69, 9.17) is 14.2 Å². The second-order valence-corrected chi connectivity index (χ2v) is 6.05. The highest BCUT2D eigenvalue weighted by Crippen LogP contribution is 2.36. The molecule has 3 aliphatic heterocycles. The fourth-order valence-corrected chi connectivity index (χ4v) is 3.48. The van der Waals surface area contributed by atoms with E-state index in [1.165, 1.54) is 0 Å². The van der Waals surface area contributed by atoms with Gasteiger partial charge < -0.3 is 19.5 Å². The molecule has 1 aromatic rings. The van der Waals surface area contributed by atoms with E-state index < -0.39 is 0 Å². The lowest BCUT2D eigenvalue weighted by Crippen LogP contribution is -2.44. The normalized spacial score (nSPS) is 29.6. The van der Waals surface area contributed by atoms with Crippen LogP contribution < -0.4 is 14.8 Å². The summed E-state index contributed by atoms with van der Waals surface area (Å²) in [6.07, 6.45) is 0.997. The molecule has 3 aliphatic rings. The van der Waals surface area contributed by atoms with Gasteiger partial charge in [0.15, 0.2) is 11.5 Å². The molecule has 6 heteroatoms. The zero-order chi connectivity index (χ0) is 15.1. The Labute approximate surface area is 129 Å². The molecule has 0 aromatic heterocycles. The van der Waals surface area contributed by atoms with Gasteiger partial charge in [-0.05, 0) is 25.1 Å². The van der Waals surface area contributed by atoms with Crippen molar-refractivity contribution in [3.8, 4) is 11.5 Å². The van der Waals surface area contributed by atoms with Crippen LogP contribution in [0.1, 0.15) is 13.3 Å². The summed E-state index contributed by atoms with van der Waals surface area (Å²) < 4.78 is 16.5. The summed E-state index contributed by atoms with van der Waals surface area (Å²) in [5.74, 6) is 1.35. The van der Waals surface area contributed by atoms with Gasteiger partial charge in [-0.15, -0.1) is 0 Å². The van der Waals surface area contributed by atoms with Crippen LogP contribution in [-0.2, 0) is 9.53 Å². The summed E-state index contributed by atoms with van der Waals surface area (Å²) in [6.45, 7) is 5.16. The Morgan fingerprint density at radius 1 is 1.32 bits per heavy atom. The molecule has 22 heavy (non-hydrogen) atoms. The first kappa shape index (κ1) is 13.8. The van der Waals surface area contributed by atoms with Crippen molar-refractivity contribution in [2.24, 2.45) is 5.92 Å². The number of rotatable bonds is 3. The van der Waals surface area contributed by atoms with Crippen LogP contribution in [0.25, 0.3) is 0 Å². The predicted molar refractivity (Wildman–Crippen MR) is 80.1 cm³/mol. The van der Waals surface area contributed by atoms with E-state index in [0.29, 0.717) is 5.75 Å². The minimum Gasteiger partial charge on any atom is -0.454 e. The molecule has 2 bridgehead atoms. The van der Waals surface area contributed by atoms with Crippen molar-refractivity contribution in [1.82, 2.24) is 4.90 Å². The van der Waals surface area contributed by atoms with E-state index in [2.05, 4.69) is 17.1 Å². The van der Waals surface area contributed by atoms with Crippen molar-refractivity contribution in [1.29, 1.82) is 0 Å². The largest absolute Gasteiger partial charge is 0.454 e. The standard InChI is InChI=1S/C16H20N2O4/c1-2-18-7-11-6-12(15(8-18)22-11)16(19)17-10-3-4-13-14(5-10)21-9-20-13/h3-5,11-12,15H,2,6-9H2,1H3,(H,17,19)/t11-,12-,15+/m0/s1. The highest BCUT2D eigenvalue weighted by molar-refractivity contribution is 5.93. The number of fused-ring (bicyclic) bond motifs is 3.